The van der Waals surface area contributed by atoms with E-state index < -0.39 is 16.1 Å². The van der Waals surface area contributed by atoms with E-state index in [0.29, 0.717) is 35.6 Å². The van der Waals surface area contributed by atoms with Crippen molar-refractivity contribution in [1.82, 2.24) is 10.3 Å². The van der Waals surface area contributed by atoms with Crippen LogP contribution in [0.3, 0.4) is 0 Å². The molecule has 2 aromatic carbocycles. The first-order valence-electron chi connectivity index (χ1n) is 10.2. The zero-order chi connectivity index (χ0) is 22.2. The van der Waals surface area contributed by atoms with Gasteiger partial charge in [-0.3, -0.25) is 4.31 Å². The summed E-state index contributed by atoms with van der Waals surface area (Å²) in [6.45, 7) is 6.48. The number of fused-ring (bicyclic) bond motifs is 2. The second-order valence-corrected chi connectivity index (χ2v) is 10.6. The van der Waals surface area contributed by atoms with Crippen LogP contribution in [-0.4, -0.2) is 38.3 Å². The average Bonchev–Trinajstić information content (AvgIpc) is 3.32. The lowest BCUT2D eigenvalue weighted by atomic mass is 9.97. The minimum absolute atomic E-state index is 0.00715. The van der Waals surface area contributed by atoms with Crippen LogP contribution in [0.25, 0.3) is 11.1 Å². The minimum atomic E-state index is -3.51. The number of nitrogens with one attached hydrogen (secondary N) is 2. The summed E-state index contributed by atoms with van der Waals surface area (Å²) in [5, 5.41) is 5.33. The maximum Gasteiger partial charge on any atom is 0.319 e. The SMILES string of the molecule is CC(C)(C)c1nc2cc(NC(=O)NCCS(=O)(=O)N3CCc4ccccc43)ccc2o1. The smallest absolute Gasteiger partial charge is 0.319 e. The van der Waals surface area contributed by atoms with E-state index in [0.717, 1.165) is 11.3 Å². The number of carbonyl (C=O) groups is 1. The third kappa shape index (κ3) is 4.51. The number of hydrogen-bond donors (Lipinski definition) is 2. The Kier molecular flexibility index (Phi) is 5.38. The fourth-order valence-corrected chi connectivity index (χ4v) is 4.93. The summed E-state index contributed by atoms with van der Waals surface area (Å²) in [5.74, 6) is 0.448. The molecule has 1 aromatic heterocycles. The predicted octanol–water partition coefficient (Wildman–Crippen LogP) is 3.64. The Bertz CT molecular complexity index is 1230. The van der Waals surface area contributed by atoms with Gasteiger partial charge in [-0.05, 0) is 36.2 Å². The number of benzene rings is 2. The summed E-state index contributed by atoms with van der Waals surface area (Å²) in [6, 6.07) is 12.2. The Morgan fingerprint density at radius 2 is 1.97 bits per heavy atom. The highest BCUT2D eigenvalue weighted by Gasteiger charge is 2.28. The number of oxazole rings is 1. The molecule has 0 spiro atoms. The zero-order valence-electron chi connectivity index (χ0n) is 17.8. The van der Waals surface area contributed by atoms with Crippen LogP contribution < -0.4 is 14.9 Å². The first-order valence-corrected chi connectivity index (χ1v) is 11.8. The second kappa shape index (κ2) is 7.88. The van der Waals surface area contributed by atoms with Gasteiger partial charge in [0.2, 0.25) is 15.9 Å². The van der Waals surface area contributed by atoms with E-state index in [1.54, 1.807) is 18.2 Å². The Labute approximate surface area is 181 Å². The Morgan fingerprint density at radius 3 is 2.74 bits per heavy atom. The number of urea groups is 1. The molecule has 0 atom stereocenters. The largest absolute Gasteiger partial charge is 0.440 e. The van der Waals surface area contributed by atoms with E-state index in [1.807, 2.05) is 45.0 Å². The van der Waals surface area contributed by atoms with Crippen LogP contribution in [-0.2, 0) is 21.9 Å². The van der Waals surface area contributed by atoms with Gasteiger partial charge in [0.15, 0.2) is 5.58 Å². The van der Waals surface area contributed by atoms with Crippen LogP contribution in [0.15, 0.2) is 46.9 Å². The first-order chi connectivity index (χ1) is 14.6. The van der Waals surface area contributed by atoms with Gasteiger partial charge < -0.3 is 15.1 Å². The normalized spacial score (nSPS) is 14.0. The van der Waals surface area contributed by atoms with Crippen LogP contribution >= 0.6 is 0 Å². The van der Waals surface area contributed by atoms with Gasteiger partial charge in [0.05, 0.1) is 11.4 Å². The summed E-state index contributed by atoms with van der Waals surface area (Å²) >= 11 is 0. The van der Waals surface area contributed by atoms with E-state index in [1.165, 1.54) is 4.31 Å². The molecule has 1 aliphatic rings. The van der Waals surface area contributed by atoms with E-state index >= 15 is 0 Å². The number of nitrogens with zero attached hydrogens (tertiary/aromatic N) is 2. The van der Waals surface area contributed by atoms with Gasteiger partial charge in [0.1, 0.15) is 5.52 Å². The third-order valence-corrected chi connectivity index (χ3v) is 6.88. The number of amides is 2. The molecule has 0 unspecified atom stereocenters. The fraction of sp³-hybridized carbons (Fsp3) is 0.364. The molecule has 4 rings (SSSR count). The molecule has 164 valence electrons. The summed E-state index contributed by atoms with van der Waals surface area (Å²) < 4.78 is 32.6. The van der Waals surface area contributed by atoms with Crippen molar-refractivity contribution in [3.8, 4) is 0 Å². The molecule has 0 saturated heterocycles. The summed E-state index contributed by atoms with van der Waals surface area (Å²) in [5.41, 5.74) is 3.38. The van der Waals surface area contributed by atoms with Gasteiger partial charge in [0, 0.05) is 24.2 Å². The van der Waals surface area contributed by atoms with Crippen LogP contribution in [0, 0.1) is 0 Å². The van der Waals surface area contributed by atoms with Crippen molar-refractivity contribution in [2.45, 2.75) is 32.6 Å². The Balaban J connectivity index is 1.34. The molecule has 2 N–H and O–H groups in total. The molecule has 2 heterocycles. The number of anilines is 2. The third-order valence-electron chi connectivity index (χ3n) is 5.11. The number of para-hydroxylation sites is 1. The number of carbonyl (C=O) groups excluding carboxylic acids is 1. The number of rotatable bonds is 5. The lowest BCUT2D eigenvalue weighted by Gasteiger charge is -2.19. The molecule has 0 aliphatic carbocycles. The maximum atomic E-state index is 12.7. The monoisotopic (exact) mass is 442 g/mol. The molecular formula is C22H26N4O4S. The van der Waals surface area contributed by atoms with Crippen LogP contribution in [0.4, 0.5) is 16.2 Å². The van der Waals surface area contributed by atoms with Crippen molar-refractivity contribution in [3.63, 3.8) is 0 Å². The van der Waals surface area contributed by atoms with Crippen molar-refractivity contribution in [1.29, 1.82) is 0 Å². The molecule has 31 heavy (non-hydrogen) atoms. The molecule has 0 radical (unpaired) electrons. The lowest BCUT2D eigenvalue weighted by Crippen LogP contribution is -2.38. The molecule has 0 saturated carbocycles. The van der Waals surface area contributed by atoms with Crippen LogP contribution in [0.2, 0.25) is 0 Å². The molecule has 8 nitrogen and oxygen atoms in total. The highest BCUT2D eigenvalue weighted by atomic mass is 32.2. The predicted molar refractivity (Wildman–Crippen MR) is 121 cm³/mol. The van der Waals surface area contributed by atoms with Crippen LogP contribution in [0.5, 0.6) is 0 Å². The summed E-state index contributed by atoms with van der Waals surface area (Å²) in [4.78, 5) is 16.7. The first kappa shape index (κ1) is 21.2. The molecular weight excluding hydrogens is 416 g/mol. The molecule has 0 bridgehead atoms. The van der Waals surface area contributed by atoms with Crippen molar-refractivity contribution in [2.75, 3.05) is 28.5 Å². The molecule has 3 aromatic rings. The van der Waals surface area contributed by atoms with Crippen LogP contribution in [0.1, 0.15) is 32.2 Å². The lowest BCUT2D eigenvalue weighted by molar-refractivity contribution is 0.252. The maximum absolute atomic E-state index is 12.7. The minimum Gasteiger partial charge on any atom is -0.440 e. The number of aromatic nitrogens is 1. The highest BCUT2D eigenvalue weighted by Crippen LogP contribution is 2.30. The van der Waals surface area contributed by atoms with Gasteiger partial charge in [-0.15, -0.1) is 0 Å². The zero-order valence-corrected chi connectivity index (χ0v) is 18.6. The van der Waals surface area contributed by atoms with Crippen molar-refractivity contribution < 1.29 is 17.6 Å². The highest BCUT2D eigenvalue weighted by molar-refractivity contribution is 7.92. The number of hydrogen-bond acceptors (Lipinski definition) is 5. The molecule has 2 amide bonds. The van der Waals surface area contributed by atoms with Crippen molar-refractivity contribution in [2.24, 2.45) is 0 Å². The van der Waals surface area contributed by atoms with Gasteiger partial charge in [-0.2, -0.15) is 0 Å². The van der Waals surface area contributed by atoms with Crippen molar-refractivity contribution in [3.05, 3.63) is 53.9 Å². The molecule has 9 heteroatoms. The summed E-state index contributed by atoms with van der Waals surface area (Å²) in [7, 11) is -3.51. The fourth-order valence-electron chi connectivity index (χ4n) is 3.50. The van der Waals surface area contributed by atoms with E-state index in [9.17, 15) is 13.2 Å². The van der Waals surface area contributed by atoms with Gasteiger partial charge in [0.25, 0.3) is 0 Å². The Morgan fingerprint density at radius 1 is 1.19 bits per heavy atom. The van der Waals surface area contributed by atoms with E-state index in [-0.39, 0.29) is 17.7 Å². The number of sulfonamides is 1. The molecule has 1 aliphatic heterocycles. The Hall–Kier alpha value is -3.07. The van der Waals surface area contributed by atoms with Gasteiger partial charge in [-0.25, -0.2) is 18.2 Å². The van der Waals surface area contributed by atoms with Gasteiger partial charge in [-0.1, -0.05) is 39.0 Å². The quantitative estimate of drug-likeness (QED) is 0.628. The van der Waals surface area contributed by atoms with Crippen molar-refractivity contribution >= 4 is 38.5 Å². The van der Waals surface area contributed by atoms with E-state index in [2.05, 4.69) is 15.6 Å². The topological polar surface area (TPSA) is 105 Å². The van der Waals surface area contributed by atoms with Gasteiger partial charge >= 0.3 is 6.03 Å². The second-order valence-electron chi connectivity index (χ2n) is 8.60. The standard InChI is InChI=1S/C22H26N4O4S/c1-22(2,3)20-25-17-14-16(8-9-19(17)30-20)24-21(27)23-11-13-31(28,29)26-12-10-15-6-4-5-7-18(15)26/h4-9,14H,10-13H2,1-3H3,(H2,23,24,27). The molecule has 0 fully saturated rings. The van der Waals surface area contributed by atoms with E-state index in [4.69, 9.17) is 4.42 Å². The average molecular weight is 443 g/mol. The summed E-state index contributed by atoms with van der Waals surface area (Å²) in [6.07, 6.45) is 0.699.